The average Bonchev–Trinajstić information content (AvgIpc) is 2.28. The van der Waals surface area contributed by atoms with Gasteiger partial charge in [-0.05, 0) is 25.0 Å². The van der Waals surface area contributed by atoms with Crippen LogP contribution in [0.4, 0.5) is 0 Å². The van der Waals surface area contributed by atoms with Crippen molar-refractivity contribution < 1.29 is 4.79 Å². The van der Waals surface area contributed by atoms with Gasteiger partial charge in [-0.2, -0.15) is 0 Å². The maximum Gasteiger partial charge on any atom is 0.168 e. The predicted molar refractivity (Wildman–Crippen MR) is 66.9 cm³/mol. The maximum absolute atomic E-state index is 12.4. The highest BCUT2D eigenvalue weighted by Gasteiger charge is 2.31. The first-order valence-electron chi connectivity index (χ1n) is 5.70. The molecule has 16 heavy (non-hydrogen) atoms. The van der Waals surface area contributed by atoms with Crippen molar-refractivity contribution in [3.05, 3.63) is 29.0 Å². The number of carbonyl (C=O) groups is 1. The van der Waals surface area contributed by atoms with E-state index in [-0.39, 0.29) is 11.2 Å². The number of rotatable bonds is 5. The molecule has 0 aliphatic rings. The Hall–Kier alpha value is -0.890. The summed E-state index contributed by atoms with van der Waals surface area (Å²) in [6.45, 7) is 6.17. The summed E-state index contributed by atoms with van der Waals surface area (Å²) in [4.78, 5) is 16.2. The van der Waals surface area contributed by atoms with Crippen molar-refractivity contribution in [2.45, 2.75) is 40.0 Å². The average molecular weight is 240 g/mol. The lowest BCUT2D eigenvalue weighted by molar-refractivity contribution is 0.0793. The molecule has 3 heteroatoms. The quantitative estimate of drug-likeness (QED) is 0.571. The number of hydrogen-bond acceptors (Lipinski definition) is 2. The van der Waals surface area contributed by atoms with Crippen molar-refractivity contribution in [1.82, 2.24) is 4.98 Å². The molecule has 1 atom stereocenters. The van der Waals surface area contributed by atoms with Gasteiger partial charge in [0.1, 0.15) is 5.15 Å². The molecule has 1 aromatic heterocycles. The molecule has 0 fully saturated rings. The molecule has 0 aliphatic carbocycles. The minimum atomic E-state index is -0.278. The molecule has 0 aromatic carbocycles. The molecule has 1 heterocycles. The lowest BCUT2D eigenvalue weighted by atomic mass is 9.76. The fourth-order valence-corrected chi connectivity index (χ4v) is 2.07. The Bertz CT molecular complexity index is 378. The van der Waals surface area contributed by atoms with E-state index in [0.29, 0.717) is 10.7 Å². The minimum Gasteiger partial charge on any atom is -0.294 e. The third-order valence-corrected chi connectivity index (χ3v) is 3.33. The van der Waals surface area contributed by atoms with Crippen LogP contribution in [-0.4, -0.2) is 10.8 Å². The zero-order chi connectivity index (χ0) is 12.2. The van der Waals surface area contributed by atoms with Gasteiger partial charge in [0.2, 0.25) is 0 Å². The van der Waals surface area contributed by atoms with Gasteiger partial charge in [-0.15, -0.1) is 0 Å². The highest BCUT2D eigenvalue weighted by molar-refractivity contribution is 6.29. The number of hydrogen-bond donors (Lipinski definition) is 0. The zero-order valence-corrected chi connectivity index (χ0v) is 10.8. The van der Waals surface area contributed by atoms with E-state index in [9.17, 15) is 4.79 Å². The molecule has 0 saturated heterocycles. The van der Waals surface area contributed by atoms with Crippen LogP contribution in [0.1, 0.15) is 50.4 Å². The second kappa shape index (κ2) is 5.44. The number of halogens is 1. The Kier molecular flexibility index (Phi) is 4.48. The van der Waals surface area contributed by atoms with E-state index in [2.05, 4.69) is 18.8 Å². The van der Waals surface area contributed by atoms with Crippen molar-refractivity contribution in [3.63, 3.8) is 0 Å². The molecule has 1 rings (SSSR count). The van der Waals surface area contributed by atoms with E-state index in [1.54, 1.807) is 18.3 Å². The van der Waals surface area contributed by atoms with Crippen molar-refractivity contribution in [2.75, 3.05) is 0 Å². The lowest BCUT2D eigenvalue weighted by Gasteiger charge is -2.26. The van der Waals surface area contributed by atoms with Crippen LogP contribution in [0.5, 0.6) is 0 Å². The van der Waals surface area contributed by atoms with Gasteiger partial charge in [0.25, 0.3) is 0 Å². The minimum absolute atomic E-state index is 0.168. The Balaban J connectivity index is 3.00. The highest BCUT2D eigenvalue weighted by atomic mass is 35.5. The normalized spacial score (nSPS) is 14.5. The highest BCUT2D eigenvalue weighted by Crippen LogP contribution is 2.31. The molecule has 0 N–H and O–H groups in total. The Morgan fingerprint density at radius 3 is 2.69 bits per heavy atom. The summed E-state index contributed by atoms with van der Waals surface area (Å²) in [5, 5.41) is 0.376. The fourth-order valence-electron chi connectivity index (χ4n) is 1.89. The van der Waals surface area contributed by atoms with Crippen LogP contribution in [0.2, 0.25) is 5.15 Å². The van der Waals surface area contributed by atoms with Gasteiger partial charge in [-0.25, -0.2) is 4.98 Å². The van der Waals surface area contributed by atoms with Gasteiger partial charge < -0.3 is 0 Å². The number of pyridine rings is 1. The van der Waals surface area contributed by atoms with Gasteiger partial charge in [0.15, 0.2) is 5.78 Å². The van der Waals surface area contributed by atoms with Crippen molar-refractivity contribution in [1.29, 1.82) is 0 Å². The van der Waals surface area contributed by atoms with Crippen LogP contribution in [0.25, 0.3) is 0 Å². The molecular formula is C13H18ClNO. The molecule has 0 spiro atoms. The van der Waals surface area contributed by atoms with E-state index >= 15 is 0 Å². The predicted octanol–water partition coefficient (Wildman–Crippen LogP) is 4.13. The summed E-state index contributed by atoms with van der Waals surface area (Å²) in [6, 6.07) is 3.38. The van der Waals surface area contributed by atoms with Crippen LogP contribution < -0.4 is 0 Å². The van der Waals surface area contributed by atoms with Crippen molar-refractivity contribution in [2.24, 2.45) is 5.41 Å². The second-order valence-corrected chi connectivity index (χ2v) is 4.75. The van der Waals surface area contributed by atoms with Crippen molar-refractivity contribution >= 4 is 17.4 Å². The lowest BCUT2D eigenvalue weighted by Crippen LogP contribution is -2.27. The van der Waals surface area contributed by atoms with Crippen LogP contribution in [0.15, 0.2) is 18.3 Å². The first-order chi connectivity index (χ1) is 7.53. The molecule has 0 radical (unpaired) electrons. The molecule has 0 bridgehead atoms. The molecule has 0 amide bonds. The Labute approximate surface area is 102 Å². The van der Waals surface area contributed by atoms with E-state index in [0.717, 1.165) is 19.3 Å². The molecule has 88 valence electrons. The van der Waals surface area contributed by atoms with Crippen LogP contribution in [-0.2, 0) is 0 Å². The molecule has 2 nitrogen and oxygen atoms in total. The number of carbonyl (C=O) groups excluding carboxylic acids is 1. The van der Waals surface area contributed by atoms with E-state index < -0.39 is 0 Å². The van der Waals surface area contributed by atoms with Crippen LogP contribution in [0, 0.1) is 5.41 Å². The second-order valence-electron chi connectivity index (χ2n) is 4.36. The smallest absolute Gasteiger partial charge is 0.168 e. The topological polar surface area (TPSA) is 30.0 Å². The number of aromatic nitrogens is 1. The van der Waals surface area contributed by atoms with E-state index in [4.69, 9.17) is 11.6 Å². The molecule has 1 unspecified atom stereocenters. The maximum atomic E-state index is 12.4. The van der Waals surface area contributed by atoms with Crippen LogP contribution >= 0.6 is 11.6 Å². The van der Waals surface area contributed by atoms with Gasteiger partial charge in [-0.1, -0.05) is 38.8 Å². The molecule has 0 aliphatic heterocycles. The number of Topliss-reactive ketones (excluding diaryl/α,β-unsaturated/α-hetero) is 1. The number of ketones is 1. The number of nitrogens with zero attached hydrogens (tertiary/aromatic N) is 1. The van der Waals surface area contributed by atoms with Crippen LogP contribution in [0.3, 0.4) is 0 Å². The molecule has 0 saturated carbocycles. The van der Waals surface area contributed by atoms with Gasteiger partial charge >= 0.3 is 0 Å². The van der Waals surface area contributed by atoms with E-state index in [1.807, 2.05) is 6.92 Å². The van der Waals surface area contributed by atoms with Gasteiger partial charge in [-0.3, -0.25) is 4.79 Å². The SMILES string of the molecule is CCCC(C)(CC)C(=O)c1ccnc(Cl)c1. The molecule has 1 aromatic rings. The van der Waals surface area contributed by atoms with Gasteiger partial charge in [0, 0.05) is 17.2 Å². The monoisotopic (exact) mass is 239 g/mol. The standard InChI is InChI=1S/C13H18ClNO/c1-4-7-13(3,5-2)12(16)10-6-8-15-11(14)9-10/h6,8-9H,4-5,7H2,1-3H3. The summed E-state index contributed by atoms with van der Waals surface area (Å²) in [5.74, 6) is 0.168. The first kappa shape index (κ1) is 13.2. The third-order valence-electron chi connectivity index (χ3n) is 3.12. The summed E-state index contributed by atoms with van der Waals surface area (Å²) < 4.78 is 0. The summed E-state index contributed by atoms with van der Waals surface area (Å²) in [6.07, 6.45) is 4.34. The first-order valence-corrected chi connectivity index (χ1v) is 6.07. The van der Waals surface area contributed by atoms with Gasteiger partial charge in [0.05, 0.1) is 0 Å². The largest absolute Gasteiger partial charge is 0.294 e. The summed E-state index contributed by atoms with van der Waals surface area (Å²) in [5.41, 5.74) is 0.386. The van der Waals surface area contributed by atoms with Crippen molar-refractivity contribution in [3.8, 4) is 0 Å². The summed E-state index contributed by atoms with van der Waals surface area (Å²) in [7, 11) is 0. The Morgan fingerprint density at radius 1 is 1.50 bits per heavy atom. The third kappa shape index (κ3) is 2.82. The zero-order valence-electron chi connectivity index (χ0n) is 10.1. The molecular weight excluding hydrogens is 222 g/mol. The van der Waals surface area contributed by atoms with E-state index in [1.165, 1.54) is 0 Å². The Morgan fingerprint density at radius 2 is 2.19 bits per heavy atom. The summed E-state index contributed by atoms with van der Waals surface area (Å²) >= 11 is 5.80. The fraction of sp³-hybridized carbons (Fsp3) is 0.538.